The van der Waals surface area contributed by atoms with Crippen molar-refractivity contribution in [1.82, 2.24) is 5.32 Å². The van der Waals surface area contributed by atoms with Crippen LogP contribution >= 0.6 is 58.0 Å². The van der Waals surface area contributed by atoms with E-state index in [1.165, 1.54) is 18.2 Å². The summed E-state index contributed by atoms with van der Waals surface area (Å²) in [6.45, 7) is 0.198. The highest BCUT2D eigenvalue weighted by Gasteiger charge is 2.35. The quantitative estimate of drug-likeness (QED) is 0.433. The summed E-state index contributed by atoms with van der Waals surface area (Å²) in [7, 11) is 0. The molecule has 118 valence electrons. The maximum absolute atomic E-state index is 12.1. The number of phenolic OH excluding ortho intramolecular Hbond substituents is 1. The lowest BCUT2D eigenvalue weighted by Crippen LogP contribution is -2.46. The molecule has 0 aliphatic rings. The van der Waals surface area contributed by atoms with Gasteiger partial charge in [0, 0.05) is 10.9 Å². The molecule has 0 aliphatic carbocycles. The third kappa shape index (κ3) is 6.27. The molecule has 1 aromatic carbocycles. The van der Waals surface area contributed by atoms with Gasteiger partial charge in [-0.2, -0.15) is 0 Å². The van der Waals surface area contributed by atoms with Crippen molar-refractivity contribution in [2.24, 2.45) is 0 Å². The Morgan fingerprint density at radius 3 is 2.62 bits per heavy atom. The van der Waals surface area contributed by atoms with Crippen LogP contribution in [0, 0.1) is 0 Å². The van der Waals surface area contributed by atoms with Crippen LogP contribution in [0.5, 0.6) is 5.75 Å². The first-order valence-electron chi connectivity index (χ1n) is 5.79. The summed E-state index contributed by atoms with van der Waals surface area (Å²) in [6.07, 6.45) is -0.673. The Hall–Kier alpha value is -0.100. The summed E-state index contributed by atoms with van der Waals surface area (Å²) < 4.78 is 3.40. The Labute approximate surface area is 147 Å². The number of amides is 1. The molecule has 0 radical (unpaired) electrons. The SMILES string of the molecule is O=C(NC(OCCCCl)C(Cl)(Cl)Cl)c1cc(Cl)ccc1O. The molecule has 0 fully saturated rings. The maximum Gasteiger partial charge on any atom is 0.257 e. The minimum atomic E-state index is -1.88. The number of carbonyl (C=O) groups is 1. The van der Waals surface area contributed by atoms with E-state index in [4.69, 9.17) is 62.7 Å². The summed E-state index contributed by atoms with van der Waals surface area (Å²) in [5, 5.41) is 12.3. The Kier molecular flexibility index (Phi) is 7.68. The third-order valence-corrected chi connectivity index (χ3v) is 3.42. The molecule has 1 rings (SSSR count). The predicted octanol–water partition coefficient (Wildman–Crippen LogP) is 4.12. The van der Waals surface area contributed by atoms with Crippen LogP contribution in [0.15, 0.2) is 18.2 Å². The number of benzene rings is 1. The van der Waals surface area contributed by atoms with Crippen LogP contribution in [0.4, 0.5) is 0 Å². The molecular weight excluding hydrogens is 383 g/mol. The van der Waals surface area contributed by atoms with Crippen molar-refractivity contribution >= 4 is 63.9 Å². The molecule has 1 aromatic rings. The van der Waals surface area contributed by atoms with E-state index in [1.54, 1.807) is 0 Å². The zero-order chi connectivity index (χ0) is 16.0. The Morgan fingerprint density at radius 2 is 2.05 bits per heavy atom. The molecule has 9 heteroatoms. The lowest BCUT2D eigenvalue weighted by atomic mass is 10.2. The van der Waals surface area contributed by atoms with Crippen LogP contribution in [0.3, 0.4) is 0 Å². The van der Waals surface area contributed by atoms with Crippen molar-refractivity contribution in [2.45, 2.75) is 16.4 Å². The number of hydrogen-bond acceptors (Lipinski definition) is 3. The summed E-state index contributed by atoms with van der Waals surface area (Å²) >= 11 is 28.6. The number of nitrogens with one attached hydrogen (secondary N) is 1. The summed E-state index contributed by atoms with van der Waals surface area (Å²) in [5.74, 6) is -0.562. The van der Waals surface area contributed by atoms with Gasteiger partial charge in [-0.15, -0.1) is 11.6 Å². The van der Waals surface area contributed by atoms with E-state index in [9.17, 15) is 9.90 Å². The minimum Gasteiger partial charge on any atom is -0.507 e. The normalized spacial score (nSPS) is 13.0. The van der Waals surface area contributed by atoms with E-state index in [0.717, 1.165) is 0 Å². The van der Waals surface area contributed by atoms with E-state index >= 15 is 0 Å². The number of rotatable bonds is 6. The molecule has 21 heavy (non-hydrogen) atoms. The van der Waals surface area contributed by atoms with E-state index in [2.05, 4.69) is 5.32 Å². The number of halogens is 5. The largest absolute Gasteiger partial charge is 0.507 e. The van der Waals surface area contributed by atoms with E-state index in [1.807, 2.05) is 0 Å². The highest BCUT2D eigenvalue weighted by molar-refractivity contribution is 6.68. The van der Waals surface area contributed by atoms with Crippen LogP contribution in [0.2, 0.25) is 5.02 Å². The molecule has 4 nitrogen and oxygen atoms in total. The lowest BCUT2D eigenvalue weighted by molar-refractivity contribution is 0.0304. The summed E-state index contributed by atoms with van der Waals surface area (Å²) in [5.41, 5.74) is -0.0531. The second-order valence-electron chi connectivity index (χ2n) is 3.97. The number of alkyl halides is 4. The number of hydrogen-bond donors (Lipinski definition) is 2. The summed E-state index contributed by atoms with van der Waals surface area (Å²) in [6, 6.07) is 4.02. The van der Waals surface area contributed by atoms with Crippen LogP contribution in [0.25, 0.3) is 0 Å². The fourth-order valence-corrected chi connectivity index (χ4v) is 1.99. The number of aromatic hydroxyl groups is 1. The second kappa shape index (κ2) is 8.51. The predicted molar refractivity (Wildman–Crippen MR) is 86.0 cm³/mol. The van der Waals surface area contributed by atoms with Crippen molar-refractivity contribution < 1.29 is 14.6 Å². The van der Waals surface area contributed by atoms with Crippen molar-refractivity contribution in [3.63, 3.8) is 0 Å². The molecule has 0 saturated carbocycles. The monoisotopic (exact) mass is 393 g/mol. The van der Waals surface area contributed by atoms with Gasteiger partial charge in [-0.05, 0) is 24.6 Å². The molecule has 0 bridgehead atoms. The van der Waals surface area contributed by atoms with Gasteiger partial charge in [0.15, 0.2) is 6.23 Å². The molecule has 0 aliphatic heterocycles. The highest BCUT2D eigenvalue weighted by Crippen LogP contribution is 2.31. The first-order chi connectivity index (χ1) is 9.75. The van der Waals surface area contributed by atoms with Crippen molar-refractivity contribution in [3.8, 4) is 5.75 Å². The Bertz CT molecular complexity index is 492. The zero-order valence-corrected chi connectivity index (χ0v) is 14.4. The first-order valence-corrected chi connectivity index (χ1v) is 7.84. The Balaban J connectivity index is 2.82. The van der Waals surface area contributed by atoms with E-state index < -0.39 is 15.9 Å². The number of phenols is 1. The zero-order valence-electron chi connectivity index (χ0n) is 10.6. The molecule has 1 unspecified atom stereocenters. The van der Waals surface area contributed by atoms with E-state index in [0.29, 0.717) is 12.3 Å². The van der Waals surface area contributed by atoms with Gasteiger partial charge in [0.1, 0.15) is 5.75 Å². The lowest BCUT2D eigenvalue weighted by Gasteiger charge is -2.25. The number of ether oxygens (including phenoxy) is 1. The topological polar surface area (TPSA) is 58.6 Å². The van der Waals surface area contributed by atoms with Crippen molar-refractivity contribution in [2.75, 3.05) is 12.5 Å². The van der Waals surface area contributed by atoms with Gasteiger partial charge in [0.25, 0.3) is 5.91 Å². The van der Waals surface area contributed by atoms with Crippen molar-refractivity contribution in [1.29, 1.82) is 0 Å². The van der Waals surface area contributed by atoms with Crippen LogP contribution in [-0.4, -0.2) is 33.5 Å². The standard InChI is InChI=1S/C12H12Cl5NO3/c13-4-1-5-21-11(12(15,16)17)18-10(20)8-6-7(14)2-3-9(8)19/h2-3,6,11,19H,1,4-5H2,(H,18,20). The molecule has 0 saturated heterocycles. The average Bonchev–Trinajstić information content (AvgIpc) is 2.39. The van der Waals surface area contributed by atoms with Gasteiger partial charge < -0.3 is 15.2 Å². The summed E-state index contributed by atoms with van der Waals surface area (Å²) in [4.78, 5) is 12.1. The molecule has 1 amide bonds. The fourth-order valence-electron chi connectivity index (χ4n) is 1.36. The third-order valence-electron chi connectivity index (χ3n) is 2.33. The molecule has 1 atom stereocenters. The van der Waals surface area contributed by atoms with Crippen LogP contribution < -0.4 is 5.32 Å². The van der Waals surface area contributed by atoms with Gasteiger partial charge >= 0.3 is 0 Å². The minimum absolute atomic E-state index is 0.0531. The highest BCUT2D eigenvalue weighted by atomic mass is 35.6. The molecule has 0 aromatic heterocycles. The van der Waals surface area contributed by atoms with E-state index in [-0.39, 0.29) is 22.9 Å². The van der Waals surface area contributed by atoms with Gasteiger partial charge in [-0.1, -0.05) is 46.4 Å². The average molecular weight is 395 g/mol. The van der Waals surface area contributed by atoms with Crippen LogP contribution in [-0.2, 0) is 4.74 Å². The fraction of sp³-hybridized carbons (Fsp3) is 0.417. The van der Waals surface area contributed by atoms with Crippen molar-refractivity contribution in [3.05, 3.63) is 28.8 Å². The van der Waals surface area contributed by atoms with Gasteiger partial charge in [0.05, 0.1) is 12.2 Å². The first kappa shape index (κ1) is 18.9. The smallest absolute Gasteiger partial charge is 0.257 e. The molecular formula is C12H12Cl5NO3. The second-order valence-corrected chi connectivity index (χ2v) is 7.15. The van der Waals surface area contributed by atoms with Gasteiger partial charge in [-0.25, -0.2) is 0 Å². The maximum atomic E-state index is 12.1. The van der Waals surface area contributed by atoms with Gasteiger partial charge in [0.2, 0.25) is 3.79 Å². The number of carbonyl (C=O) groups excluding carboxylic acids is 1. The molecule has 2 N–H and O–H groups in total. The van der Waals surface area contributed by atoms with Gasteiger partial charge in [-0.3, -0.25) is 4.79 Å². The molecule has 0 heterocycles. The molecule has 0 spiro atoms. The Morgan fingerprint density at radius 1 is 1.38 bits per heavy atom. The van der Waals surface area contributed by atoms with Crippen LogP contribution in [0.1, 0.15) is 16.8 Å².